The second-order valence-electron chi connectivity index (χ2n) is 5.19. The van der Waals surface area contributed by atoms with Crippen molar-refractivity contribution in [2.45, 2.75) is 19.9 Å². The Balaban J connectivity index is 2.27. The van der Waals surface area contributed by atoms with Gasteiger partial charge in [-0.3, -0.25) is 9.59 Å². The van der Waals surface area contributed by atoms with Gasteiger partial charge in [0.15, 0.2) is 0 Å². The predicted octanol–water partition coefficient (Wildman–Crippen LogP) is 3.03. The van der Waals surface area contributed by atoms with E-state index in [1.165, 1.54) is 0 Å². The molecule has 0 aliphatic heterocycles. The number of carbonyl (C=O) groups excluding carboxylic acids is 2. The largest absolute Gasteiger partial charge is 0.341 e. The number of hydrogen-bond donors (Lipinski definition) is 1. The summed E-state index contributed by atoms with van der Waals surface area (Å²) < 4.78 is 0. The number of likely N-dealkylation sites (N-methyl/N-ethyl adjacent to an activating group) is 1. The normalized spacial score (nSPS) is 11.6. The van der Waals surface area contributed by atoms with Gasteiger partial charge in [0.05, 0.1) is 0 Å². The average molecular weight is 310 g/mol. The van der Waals surface area contributed by atoms with E-state index in [0.29, 0.717) is 18.7 Å². The summed E-state index contributed by atoms with van der Waals surface area (Å²) in [5.74, 6) is -0.342. The molecule has 0 radical (unpaired) electrons. The zero-order chi connectivity index (χ0) is 16.7. The molecule has 2 aromatic carbocycles. The van der Waals surface area contributed by atoms with Crippen LogP contribution in [0.3, 0.4) is 0 Å². The van der Waals surface area contributed by atoms with Gasteiger partial charge in [0.2, 0.25) is 5.91 Å². The van der Waals surface area contributed by atoms with Crippen molar-refractivity contribution in [2.75, 3.05) is 13.1 Å². The van der Waals surface area contributed by atoms with Crippen LogP contribution in [-0.4, -0.2) is 29.8 Å². The molecule has 0 bridgehead atoms. The predicted molar refractivity (Wildman–Crippen MR) is 91.0 cm³/mol. The zero-order valence-corrected chi connectivity index (χ0v) is 13.5. The number of nitrogens with zero attached hydrogens (tertiary/aromatic N) is 1. The number of benzene rings is 2. The maximum absolute atomic E-state index is 12.8. The van der Waals surface area contributed by atoms with E-state index in [0.717, 1.165) is 5.56 Å². The van der Waals surface area contributed by atoms with Gasteiger partial charge in [0.1, 0.15) is 6.04 Å². The summed E-state index contributed by atoms with van der Waals surface area (Å²) in [6, 6.07) is 17.6. The van der Waals surface area contributed by atoms with E-state index in [9.17, 15) is 9.59 Å². The molecule has 4 heteroatoms. The van der Waals surface area contributed by atoms with Crippen LogP contribution in [0, 0.1) is 0 Å². The number of amides is 2. The third-order valence-corrected chi connectivity index (χ3v) is 3.77. The van der Waals surface area contributed by atoms with E-state index < -0.39 is 6.04 Å². The summed E-state index contributed by atoms with van der Waals surface area (Å²) in [5.41, 5.74) is 1.33. The Morgan fingerprint density at radius 2 is 1.43 bits per heavy atom. The van der Waals surface area contributed by atoms with Crippen LogP contribution in [-0.2, 0) is 4.79 Å². The highest BCUT2D eigenvalue weighted by Crippen LogP contribution is 2.17. The van der Waals surface area contributed by atoms with Crippen molar-refractivity contribution in [1.29, 1.82) is 0 Å². The Kier molecular flexibility index (Phi) is 5.92. The first-order valence-corrected chi connectivity index (χ1v) is 7.87. The number of nitrogens with one attached hydrogen (secondary N) is 1. The molecule has 2 aromatic rings. The van der Waals surface area contributed by atoms with Crippen molar-refractivity contribution in [3.8, 4) is 0 Å². The molecule has 120 valence electrons. The van der Waals surface area contributed by atoms with E-state index in [4.69, 9.17) is 0 Å². The molecule has 1 atom stereocenters. The third-order valence-electron chi connectivity index (χ3n) is 3.77. The highest BCUT2D eigenvalue weighted by atomic mass is 16.2. The lowest BCUT2D eigenvalue weighted by Crippen LogP contribution is -2.42. The molecule has 0 aliphatic carbocycles. The van der Waals surface area contributed by atoms with Gasteiger partial charge in [-0.25, -0.2) is 0 Å². The van der Waals surface area contributed by atoms with Crippen molar-refractivity contribution in [3.05, 3.63) is 71.8 Å². The topological polar surface area (TPSA) is 49.4 Å². The van der Waals surface area contributed by atoms with Crippen molar-refractivity contribution in [3.63, 3.8) is 0 Å². The third kappa shape index (κ3) is 4.19. The quantitative estimate of drug-likeness (QED) is 0.891. The van der Waals surface area contributed by atoms with E-state index in [2.05, 4.69) is 5.32 Å². The van der Waals surface area contributed by atoms with Crippen LogP contribution in [0.5, 0.6) is 0 Å². The summed E-state index contributed by atoms with van der Waals surface area (Å²) in [6.45, 7) is 5.09. The second-order valence-corrected chi connectivity index (χ2v) is 5.19. The fourth-order valence-electron chi connectivity index (χ4n) is 2.45. The van der Waals surface area contributed by atoms with Gasteiger partial charge in [-0.1, -0.05) is 48.5 Å². The van der Waals surface area contributed by atoms with E-state index in [1.54, 1.807) is 29.2 Å². The number of rotatable bonds is 6. The summed E-state index contributed by atoms with van der Waals surface area (Å²) in [6.07, 6.45) is 0. The van der Waals surface area contributed by atoms with Gasteiger partial charge in [0.25, 0.3) is 5.91 Å². The lowest BCUT2D eigenvalue weighted by atomic mass is 10.0. The van der Waals surface area contributed by atoms with Crippen LogP contribution in [0.15, 0.2) is 60.7 Å². The Labute approximate surface area is 137 Å². The number of carbonyl (C=O) groups is 2. The van der Waals surface area contributed by atoms with Crippen LogP contribution in [0.4, 0.5) is 0 Å². The number of hydrogen-bond acceptors (Lipinski definition) is 2. The van der Waals surface area contributed by atoms with Gasteiger partial charge >= 0.3 is 0 Å². The smallest absolute Gasteiger partial charge is 0.252 e. The first-order chi connectivity index (χ1) is 11.2. The Hall–Kier alpha value is -2.62. The van der Waals surface area contributed by atoms with Crippen LogP contribution >= 0.6 is 0 Å². The van der Waals surface area contributed by atoms with Crippen molar-refractivity contribution < 1.29 is 9.59 Å². The first-order valence-electron chi connectivity index (χ1n) is 7.87. The van der Waals surface area contributed by atoms with Gasteiger partial charge in [-0.05, 0) is 31.5 Å². The molecule has 0 saturated heterocycles. The first kappa shape index (κ1) is 16.7. The van der Waals surface area contributed by atoms with E-state index in [-0.39, 0.29) is 11.8 Å². The van der Waals surface area contributed by atoms with Crippen LogP contribution < -0.4 is 5.32 Å². The monoisotopic (exact) mass is 310 g/mol. The van der Waals surface area contributed by atoms with Crippen LogP contribution in [0.1, 0.15) is 35.8 Å². The molecule has 0 aromatic heterocycles. The minimum atomic E-state index is -0.677. The molecule has 23 heavy (non-hydrogen) atoms. The molecule has 0 fully saturated rings. The molecule has 0 spiro atoms. The molecule has 0 saturated carbocycles. The summed E-state index contributed by atoms with van der Waals surface area (Å²) in [5, 5.41) is 2.87. The maximum atomic E-state index is 12.8. The van der Waals surface area contributed by atoms with Crippen molar-refractivity contribution >= 4 is 11.8 Å². The maximum Gasteiger partial charge on any atom is 0.252 e. The Bertz CT molecular complexity index is 637. The van der Waals surface area contributed by atoms with Gasteiger partial charge < -0.3 is 10.2 Å². The van der Waals surface area contributed by atoms with E-state index in [1.807, 2.05) is 50.2 Å². The van der Waals surface area contributed by atoms with Crippen molar-refractivity contribution in [2.24, 2.45) is 0 Å². The molecular formula is C19H22N2O2. The minimum Gasteiger partial charge on any atom is -0.341 e. The summed E-state index contributed by atoms with van der Waals surface area (Å²) in [4.78, 5) is 27.0. The fourth-order valence-corrected chi connectivity index (χ4v) is 2.45. The molecule has 0 aliphatic rings. The molecule has 0 unspecified atom stereocenters. The van der Waals surface area contributed by atoms with Crippen LogP contribution in [0.25, 0.3) is 0 Å². The Morgan fingerprint density at radius 3 is 1.96 bits per heavy atom. The molecular weight excluding hydrogens is 288 g/mol. The highest BCUT2D eigenvalue weighted by molar-refractivity contribution is 5.97. The minimum absolute atomic E-state index is 0.0921. The SMILES string of the molecule is CCN(CC)C(=O)[C@@H](NC(=O)c1ccccc1)c1ccccc1. The molecule has 0 heterocycles. The molecule has 2 amide bonds. The van der Waals surface area contributed by atoms with Gasteiger partial charge in [-0.15, -0.1) is 0 Å². The second kappa shape index (κ2) is 8.13. The van der Waals surface area contributed by atoms with E-state index >= 15 is 0 Å². The zero-order valence-electron chi connectivity index (χ0n) is 13.5. The van der Waals surface area contributed by atoms with Gasteiger partial charge in [-0.2, -0.15) is 0 Å². The standard InChI is InChI=1S/C19H22N2O2/c1-3-21(4-2)19(23)17(15-11-7-5-8-12-15)20-18(22)16-13-9-6-10-14-16/h5-14,17H,3-4H2,1-2H3,(H,20,22)/t17-/m0/s1. The summed E-state index contributed by atoms with van der Waals surface area (Å²) in [7, 11) is 0. The molecule has 1 N–H and O–H groups in total. The Morgan fingerprint density at radius 1 is 0.913 bits per heavy atom. The van der Waals surface area contributed by atoms with Gasteiger partial charge in [0, 0.05) is 18.7 Å². The highest BCUT2D eigenvalue weighted by Gasteiger charge is 2.26. The van der Waals surface area contributed by atoms with Crippen molar-refractivity contribution in [1.82, 2.24) is 10.2 Å². The van der Waals surface area contributed by atoms with Crippen LogP contribution in [0.2, 0.25) is 0 Å². The lowest BCUT2D eigenvalue weighted by molar-refractivity contribution is -0.133. The lowest BCUT2D eigenvalue weighted by Gasteiger charge is -2.26. The molecule has 4 nitrogen and oxygen atoms in total. The fraction of sp³-hybridized carbons (Fsp3) is 0.263. The summed E-state index contributed by atoms with van der Waals surface area (Å²) >= 11 is 0. The molecule has 2 rings (SSSR count). The average Bonchev–Trinajstić information content (AvgIpc) is 2.62.